The fourth-order valence-electron chi connectivity index (χ4n) is 4.22. The highest BCUT2D eigenvalue weighted by molar-refractivity contribution is 14.0. The lowest BCUT2D eigenvalue weighted by atomic mass is 9.96. The molecule has 0 bridgehead atoms. The van der Waals surface area contributed by atoms with Gasteiger partial charge in [-0.15, -0.1) is 24.0 Å². The zero-order valence-corrected chi connectivity index (χ0v) is 19.7. The van der Waals surface area contributed by atoms with E-state index in [4.69, 9.17) is 11.6 Å². The molecule has 1 unspecified atom stereocenters. The molecule has 0 amide bonds. The number of nitrogens with one attached hydrogen (secondary N) is 1. The summed E-state index contributed by atoms with van der Waals surface area (Å²) in [7, 11) is 3.86. The average Bonchev–Trinajstić information content (AvgIpc) is 3.13. The van der Waals surface area contributed by atoms with E-state index in [2.05, 4.69) is 44.7 Å². The molecule has 2 aromatic rings. The summed E-state index contributed by atoms with van der Waals surface area (Å²) in [5, 5.41) is 8.74. The van der Waals surface area contributed by atoms with Gasteiger partial charge in [0.15, 0.2) is 5.96 Å². The topological polar surface area (TPSA) is 45.5 Å². The second-order valence-corrected chi connectivity index (χ2v) is 8.45. The predicted octanol–water partition coefficient (Wildman–Crippen LogP) is 3.86. The smallest absolute Gasteiger partial charge is 0.193 e. The molecular formula is C21H29ClIN5. The molecule has 1 atom stereocenters. The molecule has 5 nitrogen and oxygen atoms in total. The molecule has 1 aliphatic heterocycles. The third kappa shape index (κ3) is 4.82. The first kappa shape index (κ1) is 21.4. The molecule has 2 heterocycles. The Morgan fingerprint density at radius 1 is 1.39 bits per heavy atom. The van der Waals surface area contributed by atoms with Crippen LogP contribution in [0.4, 0.5) is 0 Å². The quantitative estimate of drug-likeness (QED) is 0.375. The number of halogens is 2. The van der Waals surface area contributed by atoms with Crippen LogP contribution in [0.25, 0.3) is 0 Å². The van der Waals surface area contributed by atoms with Gasteiger partial charge in [-0.25, -0.2) is 0 Å². The Balaban J connectivity index is 0.00000225. The maximum absolute atomic E-state index is 6.20. The van der Waals surface area contributed by atoms with Gasteiger partial charge in [-0.3, -0.25) is 9.67 Å². The van der Waals surface area contributed by atoms with Crippen LogP contribution in [-0.4, -0.2) is 47.3 Å². The van der Waals surface area contributed by atoms with Gasteiger partial charge >= 0.3 is 0 Å². The van der Waals surface area contributed by atoms with Crippen molar-refractivity contribution in [2.45, 2.75) is 31.1 Å². The number of nitrogens with zero attached hydrogens (tertiary/aromatic N) is 4. The van der Waals surface area contributed by atoms with Crippen molar-refractivity contribution in [3.05, 3.63) is 52.8 Å². The molecule has 1 saturated heterocycles. The number of hydrogen-bond donors (Lipinski definition) is 1. The second kappa shape index (κ2) is 9.03. The van der Waals surface area contributed by atoms with Gasteiger partial charge < -0.3 is 10.2 Å². The van der Waals surface area contributed by atoms with Gasteiger partial charge in [-0.2, -0.15) is 5.10 Å². The summed E-state index contributed by atoms with van der Waals surface area (Å²) in [6.45, 7) is 3.04. The third-order valence-electron chi connectivity index (χ3n) is 5.96. The maximum atomic E-state index is 6.20. The zero-order valence-electron chi connectivity index (χ0n) is 16.6. The van der Waals surface area contributed by atoms with Crippen LogP contribution >= 0.6 is 35.6 Å². The lowest BCUT2D eigenvalue weighted by Crippen LogP contribution is -2.43. The lowest BCUT2D eigenvalue weighted by molar-refractivity contribution is 0.455. The number of rotatable bonds is 5. The van der Waals surface area contributed by atoms with Crippen LogP contribution in [0.5, 0.6) is 0 Å². The second-order valence-electron chi connectivity index (χ2n) is 8.02. The number of aromatic nitrogens is 2. The van der Waals surface area contributed by atoms with Crippen LogP contribution in [-0.2, 0) is 18.9 Å². The van der Waals surface area contributed by atoms with Gasteiger partial charge in [0.1, 0.15) is 0 Å². The van der Waals surface area contributed by atoms with E-state index in [1.165, 1.54) is 30.4 Å². The van der Waals surface area contributed by atoms with E-state index in [-0.39, 0.29) is 29.4 Å². The standard InChI is InChI=1S/C21H28ClN5.HI/c1-23-20(24-15-21(7-8-21)18-4-3-5-19(22)11-18)27-9-6-16(14-27)10-17-12-25-26(2)13-17;/h3-5,11-13,16H,6-10,14-15H2,1-2H3,(H,23,24);1H. The number of guanidine groups is 1. The van der Waals surface area contributed by atoms with Gasteiger partial charge in [-0.05, 0) is 54.9 Å². The Labute approximate surface area is 189 Å². The van der Waals surface area contributed by atoms with Crippen LogP contribution in [0.1, 0.15) is 30.4 Å². The molecule has 0 radical (unpaired) electrons. The van der Waals surface area contributed by atoms with E-state index in [1.807, 2.05) is 31.0 Å². The molecule has 2 aliphatic rings. The molecule has 7 heteroatoms. The van der Waals surface area contributed by atoms with Crippen molar-refractivity contribution in [3.8, 4) is 0 Å². The normalized spacial score (nSPS) is 20.8. The number of aliphatic imine (C=N–C) groups is 1. The van der Waals surface area contributed by atoms with Crippen LogP contribution in [0, 0.1) is 5.92 Å². The Bertz CT molecular complexity index is 830. The minimum atomic E-state index is 0. The lowest BCUT2D eigenvalue weighted by Gasteiger charge is -2.25. The summed E-state index contributed by atoms with van der Waals surface area (Å²) in [6, 6.07) is 8.30. The first-order valence-electron chi connectivity index (χ1n) is 9.77. The SMILES string of the molecule is CN=C(NCC1(c2cccc(Cl)c2)CC1)N1CCC(Cc2cnn(C)c2)C1.I. The van der Waals surface area contributed by atoms with Crippen LogP contribution in [0.3, 0.4) is 0 Å². The Morgan fingerprint density at radius 2 is 2.21 bits per heavy atom. The summed E-state index contributed by atoms with van der Waals surface area (Å²) in [4.78, 5) is 6.94. The fraction of sp³-hybridized carbons (Fsp3) is 0.524. The maximum Gasteiger partial charge on any atom is 0.193 e. The van der Waals surface area contributed by atoms with Crippen molar-refractivity contribution in [1.29, 1.82) is 0 Å². The van der Waals surface area contributed by atoms with Gasteiger partial charge in [0.25, 0.3) is 0 Å². The number of likely N-dealkylation sites (tertiary alicyclic amines) is 1. The molecule has 1 aromatic carbocycles. The van der Waals surface area contributed by atoms with E-state index in [0.717, 1.165) is 37.0 Å². The molecule has 1 saturated carbocycles. The molecule has 2 fully saturated rings. The third-order valence-corrected chi connectivity index (χ3v) is 6.19. The van der Waals surface area contributed by atoms with Crippen LogP contribution in [0.15, 0.2) is 41.7 Å². The largest absolute Gasteiger partial charge is 0.355 e. The van der Waals surface area contributed by atoms with Gasteiger partial charge in [0.05, 0.1) is 6.20 Å². The molecule has 1 aliphatic carbocycles. The monoisotopic (exact) mass is 513 g/mol. The van der Waals surface area contributed by atoms with Crippen LogP contribution in [0.2, 0.25) is 5.02 Å². The Morgan fingerprint density at radius 3 is 2.86 bits per heavy atom. The highest BCUT2D eigenvalue weighted by Crippen LogP contribution is 2.48. The summed E-state index contributed by atoms with van der Waals surface area (Å²) >= 11 is 6.20. The molecule has 152 valence electrons. The van der Waals surface area contributed by atoms with E-state index in [9.17, 15) is 0 Å². The predicted molar refractivity (Wildman–Crippen MR) is 126 cm³/mol. The van der Waals surface area contributed by atoms with Crippen molar-refractivity contribution in [2.24, 2.45) is 18.0 Å². The van der Waals surface area contributed by atoms with Gasteiger partial charge in [0, 0.05) is 50.4 Å². The first-order chi connectivity index (χ1) is 13.1. The van der Waals surface area contributed by atoms with Crippen molar-refractivity contribution in [1.82, 2.24) is 20.0 Å². The van der Waals surface area contributed by atoms with Crippen molar-refractivity contribution in [2.75, 3.05) is 26.7 Å². The molecule has 4 rings (SSSR count). The van der Waals surface area contributed by atoms with E-state index in [1.54, 1.807) is 0 Å². The molecule has 0 spiro atoms. The first-order valence-corrected chi connectivity index (χ1v) is 10.1. The number of benzene rings is 1. The Hall–Kier alpha value is -1.28. The Kier molecular flexibility index (Phi) is 6.91. The highest BCUT2D eigenvalue weighted by atomic mass is 127. The van der Waals surface area contributed by atoms with E-state index >= 15 is 0 Å². The number of hydrogen-bond acceptors (Lipinski definition) is 2. The van der Waals surface area contributed by atoms with Gasteiger partial charge in [0.2, 0.25) is 0 Å². The van der Waals surface area contributed by atoms with Crippen molar-refractivity contribution < 1.29 is 0 Å². The number of aryl methyl sites for hydroxylation is 1. The van der Waals surface area contributed by atoms with E-state index in [0.29, 0.717) is 5.92 Å². The minimum absolute atomic E-state index is 0. The molecule has 1 aromatic heterocycles. The van der Waals surface area contributed by atoms with Crippen molar-refractivity contribution >= 4 is 41.5 Å². The molecule has 1 N–H and O–H groups in total. The fourth-order valence-corrected chi connectivity index (χ4v) is 4.41. The van der Waals surface area contributed by atoms with Crippen LogP contribution < -0.4 is 5.32 Å². The molecule has 28 heavy (non-hydrogen) atoms. The molecular weight excluding hydrogens is 485 g/mol. The van der Waals surface area contributed by atoms with E-state index < -0.39 is 0 Å². The summed E-state index contributed by atoms with van der Waals surface area (Å²) in [5.41, 5.74) is 2.88. The summed E-state index contributed by atoms with van der Waals surface area (Å²) in [6.07, 6.45) is 8.82. The average molecular weight is 514 g/mol. The zero-order chi connectivity index (χ0) is 18.9. The van der Waals surface area contributed by atoms with Gasteiger partial charge in [-0.1, -0.05) is 23.7 Å². The highest BCUT2D eigenvalue weighted by Gasteiger charge is 2.44. The summed E-state index contributed by atoms with van der Waals surface area (Å²) in [5.74, 6) is 1.69. The van der Waals surface area contributed by atoms with Crippen molar-refractivity contribution in [3.63, 3.8) is 0 Å². The minimum Gasteiger partial charge on any atom is -0.355 e. The summed E-state index contributed by atoms with van der Waals surface area (Å²) < 4.78 is 1.88.